The highest BCUT2D eigenvalue weighted by Crippen LogP contribution is 2.16. The van der Waals surface area contributed by atoms with Crippen molar-refractivity contribution in [1.29, 1.82) is 0 Å². The Morgan fingerprint density at radius 1 is 1.44 bits per heavy atom. The first-order chi connectivity index (χ1) is 7.57. The minimum atomic E-state index is 0.0190. The molecule has 1 atom stereocenters. The fourth-order valence-electron chi connectivity index (χ4n) is 2.24. The van der Waals surface area contributed by atoms with Crippen molar-refractivity contribution < 1.29 is 4.74 Å². The van der Waals surface area contributed by atoms with E-state index < -0.39 is 0 Å². The van der Waals surface area contributed by atoms with Crippen LogP contribution in [0.25, 0.3) is 0 Å². The third kappa shape index (κ3) is 4.81. The first-order valence-corrected chi connectivity index (χ1v) is 6.58. The number of likely N-dealkylation sites (tertiary alicyclic amines) is 1. The van der Waals surface area contributed by atoms with Gasteiger partial charge in [-0.15, -0.1) is 0 Å². The molecule has 0 aliphatic carbocycles. The summed E-state index contributed by atoms with van der Waals surface area (Å²) < 4.78 is 5.46. The molecular weight excluding hydrogens is 200 g/mol. The van der Waals surface area contributed by atoms with Gasteiger partial charge in [0.15, 0.2) is 0 Å². The van der Waals surface area contributed by atoms with Gasteiger partial charge in [0, 0.05) is 26.2 Å². The van der Waals surface area contributed by atoms with Crippen molar-refractivity contribution >= 4 is 0 Å². The van der Waals surface area contributed by atoms with Gasteiger partial charge in [-0.25, -0.2) is 0 Å². The van der Waals surface area contributed by atoms with E-state index in [1.807, 2.05) is 0 Å². The Balaban J connectivity index is 2.26. The lowest BCUT2D eigenvalue weighted by Crippen LogP contribution is -2.46. The summed E-state index contributed by atoms with van der Waals surface area (Å²) in [6.07, 6.45) is 3.77. The molecule has 0 aromatic rings. The lowest BCUT2D eigenvalue weighted by molar-refractivity contribution is 0.00507. The fourth-order valence-corrected chi connectivity index (χ4v) is 2.24. The number of ether oxygens (including phenoxy) is 1. The summed E-state index contributed by atoms with van der Waals surface area (Å²) in [6.45, 7) is 11.2. The Bertz CT molecular complexity index is 192. The maximum atomic E-state index is 5.46. The molecule has 0 aromatic carbocycles. The minimum absolute atomic E-state index is 0.0190. The molecule has 1 N–H and O–H groups in total. The van der Waals surface area contributed by atoms with Crippen LogP contribution in [0.2, 0.25) is 0 Å². The molecule has 0 radical (unpaired) electrons. The number of piperidine rings is 1. The second-order valence-electron chi connectivity index (χ2n) is 5.41. The zero-order valence-corrected chi connectivity index (χ0v) is 11.4. The number of hydrogen-bond acceptors (Lipinski definition) is 3. The Morgan fingerprint density at radius 2 is 2.19 bits per heavy atom. The molecule has 1 saturated heterocycles. The van der Waals surface area contributed by atoms with Crippen LogP contribution in [-0.2, 0) is 4.74 Å². The second kappa shape index (κ2) is 6.58. The Hall–Kier alpha value is -0.120. The summed E-state index contributed by atoms with van der Waals surface area (Å²) in [4.78, 5) is 2.57. The normalized spacial score (nSPS) is 23.6. The fraction of sp³-hybridized carbons (Fsp3) is 1.00. The summed E-state index contributed by atoms with van der Waals surface area (Å²) in [7, 11) is 1.80. The van der Waals surface area contributed by atoms with Crippen LogP contribution in [0, 0.1) is 0 Å². The zero-order valence-electron chi connectivity index (χ0n) is 11.4. The molecule has 1 unspecified atom stereocenters. The van der Waals surface area contributed by atoms with E-state index in [-0.39, 0.29) is 5.60 Å². The van der Waals surface area contributed by atoms with Crippen LogP contribution >= 0.6 is 0 Å². The van der Waals surface area contributed by atoms with Gasteiger partial charge < -0.3 is 15.0 Å². The number of nitrogens with zero attached hydrogens (tertiary/aromatic N) is 1. The van der Waals surface area contributed by atoms with Crippen molar-refractivity contribution in [2.45, 2.75) is 51.7 Å². The van der Waals surface area contributed by atoms with Crippen LogP contribution in [0.4, 0.5) is 0 Å². The van der Waals surface area contributed by atoms with Gasteiger partial charge in [-0.3, -0.25) is 0 Å². The van der Waals surface area contributed by atoms with Crippen LogP contribution in [0.5, 0.6) is 0 Å². The number of methoxy groups -OCH3 is 1. The first-order valence-electron chi connectivity index (χ1n) is 6.58. The van der Waals surface area contributed by atoms with E-state index in [4.69, 9.17) is 4.74 Å². The summed E-state index contributed by atoms with van der Waals surface area (Å²) >= 11 is 0. The third-order valence-electron chi connectivity index (χ3n) is 3.58. The minimum Gasteiger partial charge on any atom is -0.379 e. The molecule has 0 amide bonds. The van der Waals surface area contributed by atoms with Crippen LogP contribution in [0.3, 0.4) is 0 Å². The molecule has 0 spiro atoms. The quantitative estimate of drug-likeness (QED) is 0.751. The number of likely N-dealkylation sites (N-methyl/N-ethyl adjacent to an activating group) is 1. The average molecular weight is 228 g/mol. The highest BCUT2D eigenvalue weighted by atomic mass is 16.5. The highest BCUT2D eigenvalue weighted by molar-refractivity contribution is 4.79. The van der Waals surface area contributed by atoms with Gasteiger partial charge in [0.2, 0.25) is 0 Å². The molecule has 1 aliphatic heterocycles. The highest BCUT2D eigenvalue weighted by Gasteiger charge is 2.22. The summed E-state index contributed by atoms with van der Waals surface area (Å²) in [5, 5.41) is 3.55. The van der Waals surface area contributed by atoms with Crippen molar-refractivity contribution in [3.05, 3.63) is 0 Å². The molecule has 1 rings (SSSR count). The molecule has 0 saturated carbocycles. The van der Waals surface area contributed by atoms with Gasteiger partial charge >= 0.3 is 0 Å². The van der Waals surface area contributed by atoms with Gasteiger partial charge in [-0.1, -0.05) is 6.92 Å². The van der Waals surface area contributed by atoms with Crippen molar-refractivity contribution in [2.24, 2.45) is 0 Å². The molecule has 1 fully saturated rings. The van der Waals surface area contributed by atoms with Crippen molar-refractivity contribution in [3.8, 4) is 0 Å². The predicted octanol–water partition coefficient (Wildman–Crippen LogP) is 1.88. The van der Waals surface area contributed by atoms with Crippen molar-refractivity contribution in [3.63, 3.8) is 0 Å². The number of hydrogen-bond donors (Lipinski definition) is 1. The summed E-state index contributed by atoms with van der Waals surface area (Å²) in [5.74, 6) is 0. The largest absolute Gasteiger partial charge is 0.379 e. The number of rotatable bonds is 6. The summed E-state index contributed by atoms with van der Waals surface area (Å²) in [5.41, 5.74) is 0.0190. The average Bonchev–Trinajstić information content (AvgIpc) is 2.28. The molecule has 3 heteroatoms. The predicted molar refractivity (Wildman–Crippen MR) is 68.8 cm³/mol. The molecule has 16 heavy (non-hydrogen) atoms. The van der Waals surface area contributed by atoms with Crippen molar-refractivity contribution in [2.75, 3.05) is 33.3 Å². The monoisotopic (exact) mass is 228 g/mol. The maximum Gasteiger partial charge on any atom is 0.0634 e. The van der Waals surface area contributed by atoms with Gasteiger partial charge in [0.1, 0.15) is 0 Å². The molecule has 1 heterocycles. The smallest absolute Gasteiger partial charge is 0.0634 e. The van der Waals surface area contributed by atoms with E-state index in [9.17, 15) is 0 Å². The lowest BCUT2D eigenvalue weighted by atomic mass is 10.0. The van der Waals surface area contributed by atoms with E-state index in [0.717, 1.165) is 19.5 Å². The van der Waals surface area contributed by atoms with E-state index in [1.165, 1.54) is 25.9 Å². The first kappa shape index (κ1) is 13.9. The SMILES string of the molecule is CCNC1CCCN(CCC(C)(C)OC)C1. The van der Waals surface area contributed by atoms with Crippen molar-refractivity contribution in [1.82, 2.24) is 10.2 Å². The van der Waals surface area contributed by atoms with Gasteiger partial charge in [0.25, 0.3) is 0 Å². The van der Waals surface area contributed by atoms with E-state index in [2.05, 4.69) is 31.0 Å². The van der Waals surface area contributed by atoms with E-state index >= 15 is 0 Å². The van der Waals surface area contributed by atoms with Crippen LogP contribution < -0.4 is 5.32 Å². The molecule has 0 aromatic heterocycles. The van der Waals surface area contributed by atoms with Gasteiger partial charge in [-0.05, 0) is 46.2 Å². The maximum absolute atomic E-state index is 5.46. The standard InChI is InChI=1S/C13H28N2O/c1-5-14-12-7-6-9-15(11-12)10-8-13(2,3)16-4/h12,14H,5-11H2,1-4H3. The van der Waals surface area contributed by atoms with E-state index in [1.54, 1.807) is 7.11 Å². The zero-order chi connectivity index (χ0) is 12.0. The Kier molecular flexibility index (Phi) is 5.73. The molecule has 3 nitrogen and oxygen atoms in total. The lowest BCUT2D eigenvalue weighted by Gasteiger charge is -2.35. The molecular formula is C13H28N2O. The third-order valence-corrected chi connectivity index (χ3v) is 3.58. The molecule has 1 aliphatic rings. The number of nitrogens with one attached hydrogen (secondary N) is 1. The molecule has 0 bridgehead atoms. The second-order valence-corrected chi connectivity index (χ2v) is 5.41. The van der Waals surface area contributed by atoms with Gasteiger partial charge in [0.05, 0.1) is 5.60 Å². The van der Waals surface area contributed by atoms with Crippen LogP contribution in [0.1, 0.15) is 40.0 Å². The van der Waals surface area contributed by atoms with Crippen LogP contribution in [-0.4, -0.2) is 49.8 Å². The topological polar surface area (TPSA) is 24.5 Å². The summed E-state index contributed by atoms with van der Waals surface area (Å²) in [6, 6.07) is 0.699. The molecule has 96 valence electrons. The Labute approximate surface area is 101 Å². The van der Waals surface area contributed by atoms with Gasteiger partial charge in [-0.2, -0.15) is 0 Å². The Morgan fingerprint density at radius 3 is 2.81 bits per heavy atom. The van der Waals surface area contributed by atoms with Crippen LogP contribution in [0.15, 0.2) is 0 Å². The van der Waals surface area contributed by atoms with E-state index in [0.29, 0.717) is 6.04 Å².